The molecule has 21 heavy (non-hydrogen) atoms. The van der Waals surface area contributed by atoms with Crippen molar-refractivity contribution in [2.24, 2.45) is 5.41 Å². The van der Waals surface area contributed by atoms with Crippen LogP contribution in [-0.4, -0.2) is 55.7 Å². The van der Waals surface area contributed by atoms with E-state index in [9.17, 15) is 0 Å². The Morgan fingerprint density at radius 2 is 1.95 bits per heavy atom. The quantitative estimate of drug-likeness (QED) is 0.834. The molecule has 6 heteroatoms. The van der Waals surface area contributed by atoms with Gasteiger partial charge in [-0.05, 0) is 38.4 Å². The number of hydrogen-bond acceptors (Lipinski definition) is 6. The summed E-state index contributed by atoms with van der Waals surface area (Å²) in [5.74, 6) is 2.37. The van der Waals surface area contributed by atoms with E-state index in [1.165, 1.54) is 25.9 Å². The molecule has 0 spiro atoms. The number of aromatic nitrogens is 2. The van der Waals surface area contributed by atoms with Gasteiger partial charge in [0.1, 0.15) is 18.2 Å². The van der Waals surface area contributed by atoms with E-state index in [1.807, 2.05) is 13.1 Å². The third kappa shape index (κ3) is 4.54. The van der Waals surface area contributed by atoms with Crippen LogP contribution in [0.2, 0.25) is 0 Å². The van der Waals surface area contributed by atoms with Crippen molar-refractivity contribution in [1.29, 1.82) is 0 Å². The molecule has 0 aliphatic carbocycles. The van der Waals surface area contributed by atoms with Gasteiger partial charge in [-0.1, -0.05) is 6.92 Å². The number of piperidine rings is 1. The van der Waals surface area contributed by atoms with Crippen molar-refractivity contribution < 1.29 is 4.74 Å². The third-order valence-corrected chi connectivity index (χ3v) is 4.19. The van der Waals surface area contributed by atoms with Crippen LogP contribution >= 0.6 is 0 Å². The molecule has 1 saturated heterocycles. The van der Waals surface area contributed by atoms with E-state index in [1.54, 1.807) is 7.11 Å². The molecular formula is C15H27N5O. The summed E-state index contributed by atoms with van der Waals surface area (Å²) in [7, 11) is 5.71. The Morgan fingerprint density at radius 3 is 2.57 bits per heavy atom. The highest BCUT2D eigenvalue weighted by molar-refractivity contribution is 5.47. The van der Waals surface area contributed by atoms with Gasteiger partial charge in [-0.3, -0.25) is 0 Å². The maximum absolute atomic E-state index is 5.12. The molecule has 1 aromatic rings. The van der Waals surface area contributed by atoms with E-state index in [2.05, 4.69) is 39.5 Å². The van der Waals surface area contributed by atoms with Crippen LogP contribution in [0, 0.1) is 5.41 Å². The van der Waals surface area contributed by atoms with Gasteiger partial charge in [-0.25, -0.2) is 9.97 Å². The van der Waals surface area contributed by atoms with Crippen molar-refractivity contribution in [2.75, 3.05) is 51.5 Å². The number of hydrogen-bond donors (Lipinski definition) is 2. The van der Waals surface area contributed by atoms with Gasteiger partial charge in [0.25, 0.3) is 0 Å². The van der Waals surface area contributed by atoms with E-state index in [-0.39, 0.29) is 0 Å². The van der Waals surface area contributed by atoms with Gasteiger partial charge in [0.05, 0.1) is 0 Å². The molecule has 118 valence electrons. The summed E-state index contributed by atoms with van der Waals surface area (Å²) in [6.45, 7) is 6.04. The van der Waals surface area contributed by atoms with Crippen LogP contribution in [0.5, 0.6) is 0 Å². The Labute approximate surface area is 127 Å². The van der Waals surface area contributed by atoms with Crippen LogP contribution in [0.25, 0.3) is 0 Å². The minimum atomic E-state index is 0.332. The van der Waals surface area contributed by atoms with Gasteiger partial charge in [0, 0.05) is 26.8 Å². The van der Waals surface area contributed by atoms with Crippen LogP contribution in [0.3, 0.4) is 0 Å². The second-order valence-electron chi connectivity index (χ2n) is 6.21. The third-order valence-electron chi connectivity index (χ3n) is 4.19. The lowest BCUT2D eigenvalue weighted by Crippen LogP contribution is -2.40. The predicted octanol–water partition coefficient (Wildman–Crippen LogP) is 1.81. The lowest BCUT2D eigenvalue weighted by Gasteiger charge is -2.38. The van der Waals surface area contributed by atoms with Crippen LogP contribution in [0.1, 0.15) is 25.6 Å². The Morgan fingerprint density at radius 1 is 1.29 bits per heavy atom. The zero-order chi connectivity index (χ0) is 15.3. The van der Waals surface area contributed by atoms with Gasteiger partial charge in [0.2, 0.25) is 0 Å². The molecular weight excluding hydrogens is 266 g/mol. The Balaban J connectivity index is 2.00. The SMILES string of the molecule is CNc1cc(NCC2(C)CCN(C)CC2)nc(COC)n1. The maximum atomic E-state index is 5.12. The molecule has 1 fully saturated rings. The second kappa shape index (κ2) is 7.04. The summed E-state index contributed by atoms with van der Waals surface area (Å²) in [6, 6.07) is 1.94. The molecule has 2 N–H and O–H groups in total. The second-order valence-corrected chi connectivity index (χ2v) is 6.21. The zero-order valence-corrected chi connectivity index (χ0v) is 13.6. The first kappa shape index (κ1) is 16.0. The molecule has 2 heterocycles. The molecule has 1 aliphatic rings. The molecule has 2 rings (SSSR count). The molecule has 0 atom stereocenters. The van der Waals surface area contributed by atoms with Gasteiger partial charge in [0.15, 0.2) is 5.82 Å². The number of rotatable bonds is 6. The van der Waals surface area contributed by atoms with Crippen molar-refractivity contribution in [2.45, 2.75) is 26.4 Å². The summed E-state index contributed by atoms with van der Waals surface area (Å²) in [6.07, 6.45) is 2.43. The first-order valence-electron chi connectivity index (χ1n) is 7.52. The predicted molar refractivity (Wildman–Crippen MR) is 85.6 cm³/mol. The number of anilines is 2. The standard InChI is InChI=1S/C15H27N5O/c1-15(5-7-20(3)8-6-15)11-17-13-9-12(16-2)18-14(19-13)10-21-4/h9H,5-8,10-11H2,1-4H3,(H2,16,17,18,19). The Bertz CT molecular complexity index is 457. The van der Waals surface area contributed by atoms with Crippen LogP contribution in [0.4, 0.5) is 11.6 Å². The molecule has 0 aromatic carbocycles. The van der Waals surface area contributed by atoms with E-state index in [0.29, 0.717) is 17.8 Å². The van der Waals surface area contributed by atoms with E-state index in [4.69, 9.17) is 4.74 Å². The van der Waals surface area contributed by atoms with Crippen molar-refractivity contribution in [1.82, 2.24) is 14.9 Å². The normalized spacial score (nSPS) is 18.5. The van der Waals surface area contributed by atoms with Gasteiger partial charge in [-0.15, -0.1) is 0 Å². The Hall–Kier alpha value is -1.40. The summed E-state index contributed by atoms with van der Waals surface area (Å²) >= 11 is 0. The number of methoxy groups -OCH3 is 1. The summed E-state index contributed by atoms with van der Waals surface area (Å²) in [4.78, 5) is 11.3. The molecule has 1 aromatic heterocycles. The molecule has 0 bridgehead atoms. The van der Waals surface area contributed by atoms with E-state index in [0.717, 1.165) is 18.2 Å². The lowest BCUT2D eigenvalue weighted by molar-refractivity contribution is 0.150. The molecule has 0 amide bonds. The Kier molecular flexibility index (Phi) is 5.36. The molecule has 0 radical (unpaired) electrons. The molecule has 0 unspecified atom stereocenters. The van der Waals surface area contributed by atoms with Crippen molar-refractivity contribution in [3.63, 3.8) is 0 Å². The maximum Gasteiger partial charge on any atom is 0.158 e. The van der Waals surface area contributed by atoms with Crippen molar-refractivity contribution in [3.05, 3.63) is 11.9 Å². The summed E-state index contributed by atoms with van der Waals surface area (Å²) < 4.78 is 5.12. The van der Waals surface area contributed by atoms with Gasteiger partial charge in [-0.2, -0.15) is 0 Å². The summed E-state index contributed by atoms with van der Waals surface area (Å²) in [5.41, 5.74) is 0.332. The monoisotopic (exact) mass is 293 g/mol. The first-order chi connectivity index (χ1) is 10.0. The zero-order valence-electron chi connectivity index (χ0n) is 13.6. The lowest BCUT2D eigenvalue weighted by atomic mass is 9.80. The van der Waals surface area contributed by atoms with Crippen molar-refractivity contribution in [3.8, 4) is 0 Å². The summed E-state index contributed by atoms with van der Waals surface area (Å²) in [5, 5.41) is 6.54. The number of nitrogens with one attached hydrogen (secondary N) is 2. The van der Waals surface area contributed by atoms with E-state index < -0.39 is 0 Å². The highest BCUT2D eigenvalue weighted by Crippen LogP contribution is 2.30. The largest absolute Gasteiger partial charge is 0.377 e. The molecule has 0 saturated carbocycles. The van der Waals surface area contributed by atoms with Crippen molar-refractivity contribution >= 4 is 11.6 Å². The minimum absolute atomic E-state index is 0.332. The fourth-order valence-corrected chi connectivity index (χ4v) is 2.55. The smallest absolute Gasteiger partial charge is 0.158 e. The molecule has 6 nitrogen and oxygen atoms in total. The van der Waals surface area contributed by atoms with Crippen LogP contribution in [-0.2, 0) is 11.3 Å². The first-order valence-corrected chi connectivity index (χ1v) is 7.52. The fourth-order valence-electron chi connectivity index (χ4n) is 2.55. The number of likely N-dealkylation sites (tertiary alicyclic amines) is 1. The molecule has 1 aliphatic heterocycles. The van der Waals surface area contributed by atoms with Crippen LogP contribution in [0.15, 0.2) is 6.07 Å². The number of nitrogens with zero attached hydrogens (tertiary/aromatic N) is 3. The minimum Gasteiger partial charge on any atom is -0.377 e. The highest BCUT2D eigenvalue weighted by atomic mass is 16.5. The van der Waals surface area contributed by atoms with E-state index >= 15 is 0 Å². The average molecular weight is 293 g/mol. The number of ether oxygens (including phenoxy) is 1. The van der Waals surface area contributed by atoms with Crippen LogP contribution < -0.4 is 10.6 Å². The van der Waals surface area contributed by atoms with Gasteiger partial charge >= 0.3 is 0 Å². The topological polar surface area (TPSA) is 62.3 Å². The fraction of sp³-hybridized carbons (Fsp3) is 0.733. The average Bonchev–Trinajstić information content (AvgIpc) is 2.49. The van der Waals surface area contributed by atoms with Gasteiger partial charge < -0.3 is 20.3 Å². The highest BCUT2D eigenvalue weighted by Gasteiger charge is 2.28.